The lowest BCUT2D eigenvalue weighted by molar-refractivity contribution is -0.0596. The number of aryl methyl sites for hydroxylation is 1. The Morgan fingerprint density at radius 1 is 1.24 bits per heavy atom. The van der Waals surface area contributed by atoms with Crippen LogP contribution in [0.5, 0.6) is 0 Å². The van der Waals surface area contributed by atoms with E-state index in [9.17, 15) is 0 Å². The van der Waals surface area contributed by atoms with Gasteiger partial charge in [0.05, 0.1) is 19.3 Å². The lowest BCUT2D eigenvalue weighted by Crippen LogP contribution is -2.48. The van der Waals surface area contributed by atoms with E-state index in [1.807, 2.05) is 31.2 Å². The van der Waals surface area contributed by atoms with Gasteiger partial charge in [0.2, 0.25) is 11.9 Å². The fourth-order valence-corrected chi connectivity index (χ4v) is 3.78. The van der Waals surface area contributed by atoms with Crippen molar-refractivity contribution in [3.63, 3.8) is 0 Å². The topological polar surface area (TPSA) is 89.2 Å². The molecule has 1 aliphatic carbocycles. The minimum atomic E-state index is 0.248. The number of anilines is 3. The highest BCUT2D eigenvalue weighted by atomic mass is 16.5. The van der Waals surface area contributed by atoms with Crippen LogP contribution >= 0.6 is 0 Å². The van der Waals surface area contributed by atoms with E-state index in [0.29, 0.717) is 30.5 Å². The first kappa shape index (κ1) is 16.2. The molecule has 2 fully saturated rings. The normalized spacial score (nSPS) is 23.4. The Morgan fingerprint density at radius 2 is 2.12 bits per heavy atom. The van der Waals surface area contributed by atoms with E-state index >= 15 is 0 Å². The number of hydrogen-bond donors (Lipinski definition) is 2. The molecule has 0 unspecified atom stereocenters. The quantitative estimate of drug-likeness (QED) is 0.882. The van der Waals surface area contributed by atoms with Crippen molar-refractivity contribution < 1.29 is 4.74 Å². The number of morpholine rings is 1. The van der Waals surface area contributed by atoms with Gasteiger partial charge in [-0.15, -0.1) is 0 Å². The van der Waals surface area contributed by atoms with Crippen LogP contribution in [0.1, 0.15) is 30.7 Å². The molecule has 1 aromatic carbocycles. The van der Waals surface area contributed by atoms with Crippen LogP contribution in [0.15, 0.2) is 24.3 Å². The van der Waals surface area contributed by atoms with Crippen molar-refractivity contribution in [2.75, 3.05) is 24.2 Å². The number of nitrogen functional groups attached to an aromatic ring is 1. The zero-order valence-electron chi connectivity index (χ0n) is 14.5. The molecule has 2 atom stereocenters. The molecular weight excluding hydrogens is 316 g/mol. The van der Waals surface area contributed by atoms with Gasteiger partial charge in [0.1, 0.15) is 5.82 Å². The average Bonchev–Trinajstić information content (AvgIpc) is 3.06. The summed E-state index contributed by atoms with van der Waals surface area (Å²) in [5.74, 6) is 1.45. The maximum absolute atomic E-state index is 5.92. The van der Waals surface area contributed by atoms with Crippen LogP contribution in [0.4, 0.5) is 17.6 Å². The van der Waals surface area contributed by atoms with Crippen LogP contribution in [-0.2, 0) is 11.3 Å². The molecule has 7 heteroatoms. The van der Waals surface area contributed by atoms with E-state index in [1.54, 1.807) is 0 Å². The minimum Gasteiger partial charge on any atom is -0.375 e. The van der Waals surface area contributed by atoms with Gasteiger partial charge in [-0.1, -0.05) is 18.2 Å². The van der Waals surface area contributed by atoms with E-state index < -0.39 is 0 Å². The lowest BCUT2D eigenvalue weighted by atomic mass is 10.1. The standard InChI is InChI=1S/C18H24N6O/c1-12-5-2-3-6-13(12)20-18-22-16(21-17(19)23-18)11-24-9-10-25-15-8-4-7-14(15)24/h2-3,5-6,14-15H,4,7-11H2,1H3,(H3,19,20,21,22,23)/t14-,15+/m1/s1. The zero-order valence-corrected chi connectivity index (χ0v) is 14.5. The number of rotatable bonds is 4. The fraction of sp³-hybridized carbons (Fsp3) is 0.500. The molecule has 25 heavy (non-hydrogen) atoms. The molecule has 2 aromatic rings. The van der Waals surface area contributed by atoms with Crippen molar-refractivity contribution in [1.82, 2.24) is 19.9 Å². The molecule has 1 aromatic heterocycles. The third kappa shape index (κ3) is 3.57. The van der Waals surface area contributed by atoms with Crippen LogP contribution in [0.25, 0.3) is 0 Å². The van der Waals surface area contributed by atoms with Gasteiger partial charge in [0.25, 0.3) is 0 Å². The van der Waals surface area contributed by atoms with Gasteiger partial charge in [0.15, 0.2) is 0 Å². The van der Waals surface area contributed by atoms with Crippen molar-refractivity contribution in [2.45, 2.75) is 44.9 Å². The summed E-state index contributed by atoms with van der Waals surface area (Å²) in [5.41, 5.74) is 8.02. The maximum atomic E-state index is 5.92. The van der Waals surface area contributed by atoms with Crippen LogP contribution in [0.3, 0.4) is 0 Å². The Kier molecular flexibility index (Phi) is 4.50. The molecule has 2 aliphatic rings. The largest absolute Gasteiger partial charge is 0.375 e. The number of hydrogen-bond acceptors (Lipinski definition) is 7. The van der Waals surface area contributed by atoms with Gasteiger partial charge in [-0.2, -0.15) is 15.0 Å². The lowest BCUT2D eigenvalue weighted by Gasteiger charge is -2.37. The highest BCUT2D eigenvalue weighted by Gasteiger charge is 2.36. The highest BCUT2D eigenvalue weighted by Crippen LogP contribution is 2.30. The van der Waals surface area contributed by atoms with Gasteiger partial charge in [-0.05, 0) is 37.8 Å². The molecule has 0 amide bonds. The number of nitrogens with one attached hydrogen (secondary N) is 1. The van der Waals surface area contributed by atoms with Gasteiger partial charge < -0.3 is 15.8 Å². The van der Waals surface area contributed by atoms with E-state index in [4.69, 9.17) is 10.5 Å². The molecule has 0 spiro atoms. The summed E-state index contributed by atoms with van der Waals surface area (Å²) >= 11 is 0. The second-order valence-corrected chi connectivity index (χ2v) is 6.75. The van der Waals surface area contributed by atoms with Gasteiger partial charge in [-0.25, -0.2) is 0 Å². The van der Waals surface area contributed by atoms with Crippen LogP contribution in [0, 0.1) is 6.92 Å². The molecule has 7 nitrogen and oxygen atoms in total. The molecule has 0 bridgehead atoms. The number of ether oxygens (including phenoxy) is 1. The predicted molar refractivity (Wildman–Crippen MR) is 96.5 cm³/mol. The minimum absolute atomic E-state index is 0.248. The van der Waals surface area contributed by atoms with Crippen LogP contribution < -0.4 is 11.1 Å². The first-order chi connectivity index (χ1) is 12.2. The first-order valence-corrected chi connectivity index (χ1v) is 8.88. The fourth-order valence-electron chi connectivity index (χ4n) is 3.78. The van der Waals surface area contributed by atoms with Crippen LogP contribution in [-0.4, -0.2) is 45.1 Å². The molecular formula is C18H24N6O. The smallest absolute Gasteiger partial charge is 0.232 e. The molecule has 1 saturated heterocycles. The third-order valence-electron chi connectivity index (χ3n) is 5.03. The number of nitrogens with two attached hydrogens (primary N) is 1. The first-order valence-electron chi connectivity index (χ1n) is 8.88. The zero-order chi connectivity index (χ0) is 17.2. The number of nitrogens with zero attached hydrogens (tertiary/aromatic N) is 4. The maximum Gasteiger partial charge on any atom is 0.232 e. The Hall–Kier alpha value is -2.25. The van der Waals surface area contributed by atoms with Crippen molar-refractivity contribution in [1.29, 1.82) is 0 Å². The second-order valence-electron chi connectivity index (χ2n) is 6.75. The second kappa shape index (κ2) is 6.93. The van der Waals surface area contributed by atoms with Gasteiger partial charge in [0, 0.05) is 18.3 Å². The van der Waals surface area contributed by atoms with Crippen molar-refractivity contribution in [3.05, 3.63) is 35.7 Å². The van der Waals surface area contributed by atoms with Crippen molar-refractivity contribution in [2.24, 2.45) is 0 Å². The SMILES string of the molecule is Cc1ccccc1Nc1nc(N)nc(CN2CCO[C@H]3CCC[C@H]32)n1. The Bertz CT molecular complexity index is 752. The number of aromatic nitrogens is 3. The summed E-state index contributed by atoms with van der Waals surface area (Å²) < 4.78 is 5.88. The van der Waals surface area contributed by atoms with E-state index in [1.165, 1.54) is 12.8 Å². The average molecular weight is 340 g/mol. The summed E-state index contributed by atoms with van der Waals surface area (Å²) in [7, 11) is 0. The molecule has 132 valence electrons. The predicted octanol–water partition coefficient (Wildman–Crippen LogP) is 2.26. The molecule has 4 rings (SSSR count). The van der Waals surface area contributed by atoms with Gasteiger partial charge >= 0.3 is 0 Å². The molecule has 1 aliphatic heterocycles. The highest BCUT2D eigenvalue weighted by molar-refractivity contribution is 5.58. The molecule has 0 radical (unpaired) electrons. The summed E-state index contributed by atoms with van der Waals surface area (Å²) in [5, 5.41) is 3.25. The number of fused-ring (bicyclic) bond motifs is 1. The number of benzene rings is 1. The Labute approximate surface area is 147 Å². The summed E-state index contributed by atoms with van der Waals surface area (Å²) in [4.78, 5) is 15.6. The van der Waals surface area contributed by atoms with Crippen molar-refractivity contribution in [3.8, 4) is 0 Å². The van der Waals surface area contributed by atoms with Crippen LogP contribution in [0.2, 0.25) is 0 Å². The number of para-hydroxylation sites is 1. The monoisotopic (exact) mass is 340 g/mol. The van der Waals surface area contributed by atoms with E-state index in [2.05, 4.69) is 25.2 Å². The summed E-state index contributed by atoms with van der Waals surface area (Å²) in [6, 6.07) is 8.50. The Morgan fingerprint density at radius 3 is 3.00 bits per heavy atom. The summed E-state index contributed by atoms with van der Waals surface area (Å²) in [6.07, 6.45) is 3.92. The molecule has 1 saturated carbocycles. The third-order valence-corrected chi connectivity index (χ3v) is 5.03. The summed E-state index contributed by atoms with van der Waals surface area (Å²) in [6.45, 7) is 4.41. The molecule has 3 N–H and O–H groups in total. The Balaban J connectivity index is 1.52. The van der Waals surface area contributed by atoms with E-state index in [-0.39, 0.29) is 5.95 Å². The van der Waals surface area contributed by atoms with Gasteiger partial charge in [-0.3, -0.25) is 4.90 Å². The van der Waals surface area contributed by atoms with Crippen molar-refractivity contribution >= 4 is 17.6 Å². The van der Waals surface area contributed by atoms with E-state index in [0.717, 1.165) is 30.8 Å². The molecule has 2 heterocycles.